The second kappa shape index (κ2) is 4.72. The summed E-state index contributed by atoms with van der Waals surface area (Å²) in [4.78, 5) is 14.5. The van der Waals surface area contributed by atoms with Crippen molar-refractivity contribution in [2.24, 2.45) is 5.92 Å². The number of hydrogen-bond acceptors (Lipinski definition) is 4. The van der Waals surface area contributed by atoms with Crippen LogP contribution in [0.25, 0.3) is 11.3 Å². The molecule has 0 bridgehead atoms. The smallest absolute Gasteiger partial charge is 0.225 e. The number of benzene rings is 1. The minimum atomic E-state index is -3.36. The number of rotatable bonds is 2. The van der Waals surface area contributed by atoms with Gasteiger partial charge >= 0.3 is 0 Å². The van der Waals surface area contributed by atoms with Gasteiger partial charge < -0.3 is 9.32 Å². The summed E-state index contributed by atoms with van der Waals surface area (Å²) in [6.07, 6.45) is 3.49. The number of hydrogen-bond donors (Lipinski definition) is 0. The molecule has 2 atom stereocenters. The van der Waals surface area contributed by atoms with Gasteiger partial charge in [-0.15, -0.1) is 0 Å². The summed E-state index contributed by atoms with van der Waals surface area (Å²) < 4.78 is 31.1. The molecule has 1 amide bonds. The third-order valence-electron chi connectivity index (χ3n) is 5.42. The minimum Gasteiger partial charge on any atom is -0.464 e. The SMILES string of the molecule is O=C(C1CC1)N1C[C@@H]2c3cc(-c4ccco4)ccc3S(=O)(=O)[C@@H]2C1. The molecule has 0 radical (unpaired) electrons. The van der Waals surface area contributed by atoms with Gasteiger partial charge in [-0.25, -0.2) is 8.42 Å². The van der Waals surface area contributed by atoms with Crippen molar-refractivity contribution in [3.63, 3.8) is 0 Å². The molecule has 1 aromatic heterocycles. The van der Waals surface area contributed by atoms with E-state index in [1.807, 2.05) is 18.2 Å². The fourth-order valence-corrected chi connectivity index (χ4v) is 6.18. The van der Waals surface area contributed by atoms with E-state index < -0.39 is 15.1 Å². The number of likely N-dealkylation sites (tertiary alicyclic amines) is 1. The highest BCUT2D eigenvalue weighted by molar-refractivity contribution is 7.92. The van der Waals surface area contributed by atoms with E-state index in [0.717, 1.165) is 29.7 Å². The lowest BCUT2D eigenvalue weighted by Gasteiger charge is -2.17. The van der Waals surface area contributed by atoms with Crippen LogP contribution in [0.1, 0.15) is 24.3 Å². The monoisotopic (exact) mass is 343 g/mol. The van der Waals surface area contributed by atoms with Crippen LogP contribution in [0.2, 0.25) is 0 Å². The zero-order valence-corrected chi connectivity index (χ0v) is 13.8. The molecule has 2 aromatic rings. The molecular formula is C18H17NO4S. The number of carbonyl (C=O) groups excluding carboxylic acids is 1. The first-order valence-corrected chi connectivity index (χ1v) is 9.81. The lowest BCUT2D eigenvalue weighted by atomic mass is 9.96. The molecule has 6 heteroatoms. The fourth-order valence-electron chi connectivity index (χ4n) is 4.01. The predicted molar refractivity (Wildman–Crippen MR) is 87.2 cm³/mol. The maximum absolute atomic E-state index is 12.9. The Morgan fingerprint density at radius 2 is 2.00 bits per heavy atom. The highest BCUT2D eigenvalue weighted by atomic mass is 32.2. The number of amides is 1. The lowest BCUT2D eigenvalue weighted by Crippen LogP contribution is -2.32. The summed E-state index contributed by atoms with van der Waals surface area (Å²) in [5.74, 6) is 0.856. The molecule has 2 aliphatic heterocycles. The van der Waals surface area contributed by atoms with Gasteiger partial charge in [0.15, 0.2) is 9.84 Å². The number of fused-ring (bicyclic) bond motifs is 3. The van der Waals surface area contributed by atoms with Gasteiger partial charge in [-0.1, -0.05) is 0 Å². The summed E-state index contributed by atoms with van der Waals surface area (Å²) in [6.45, 7) is 0.834. The molecule has 1 saturated heterocycles. The topological polar surface area (TPSA) is 67.6 Å². The molecule has 5 rings (SSSR count). The van der Waals surface area contributed by atoms with E-state index in [1.54, 1.807) is 23.3 Å². The number of sulfone groups is 1. The molecule has 5 nitrogen and oxygen atoms in total. The van der Waals surface area contributed by atoms with Crippen molar-refractivity contribution >= 4 is 15.7 Å². The first kappa shape index (κ1) is 14.3. The summed E-state index contributed by atoms with van der Waals surface area (Å²) in [5.41, 5.74) is 1.71. The van der Waals surface area contributed by atoms with Gasteiger partial charge in [0.05, 0.1) is 16.4 Å². The first-order valence-electron chi connectivity index (χ1n) is 8.26. The van der Waals surface area contributed by atoms with Crippen molar-refractivity contribution in [1.29, 1.82) is 0 Å². The first-order chi connectivity index (χ1) is 11.6. The van der Waals surface area contributed by atoms with Gasteiger partial charge in [-0.05, 0) is 48.7 Å². The van der Waals surface area contributed by atoms with Gasteiger partial charge in [0.1, 0.15) is 5.76 Å². The van der Waals surface area contributed by atoms with Crippen LogP contribution in [0.15, 0.2) is 45.9 Å². The van der Waals surface area contributed by atoms with Crippen LogP contribution in [-0.2, 0) is 14.6 Å². The molecule has 1 aromatic carbocycles. The van der Waals surface area contributed by atoms with Crippen LogP contribution in [0.3, 0.4) is 0 Å². The van der Waals surface area contributed by atoms with Crippen LogP contribution < -0.4 is 0 Å². The molecule has 124 valence electrons. The van der Waals surface area contributed by atoms with Gasteiger partial charge in [0.2, 0.25) is 5.91 Å². The van der Waals surface area contributed by atoms with Crippen molar-refractivity contribution in [3.05, 3.63) is 42.2 Å². The summed E-state index contributed by atoms with van der Waals surface area (Å²) in [7, 11) is -3.36. The highest BCUT2D eigenvalue weighted by Crippen LogP contribution is 2.47. The van der Waals surface area contributed by atoms with Gasteiger partial charge in [0, 0.05) is 30.5 Å². The Balaban J connectivity index is 1.56. The van der Waals surface area contributed by atoms with Crippen molar-refractivity contribution in [2.45, 2.75) is 28.9 Å². The summed E-state index contributed by atoms with van der Waals surface area (Å²) in [6, 6.07) is 9.08. The average molecular weight is 343 g/mol. The molecular weight excluding hydrogens is 326 g/mol. The predicted octanol–water partition coefficient (Wildman–Crippen LogP) is 2.44. The molecule has 24 heavy (non-hydrogen) atoms. The molecule has 3 heterocycles. The normalized spacial score (nSPS) is 27.1. The Kier molecular flexibility index (Phi) is 2.81. The van der Waals surface area contributed by atoms with E-state index in [-0.39, 0.29) is 17.7 Å². The Hall–Kier alpha value is -2.08. The Morgan fingerprint density at radius 3 is 2.71 bits per heavy atom. The van der Waals surface area contributed by atoms with Crippen molar-refractivity contribution < 1.29 is 17.6 Å². The van der Waals surface area contributed by atoms with Crippen LogP contribution in [0.4, 0.5) is 0 Å². The summed E-state index contributed by atoms with van der Waals surface area (Å²) in [5, 5.41) is -0.498. The van der Waals surface area contributed by atoms with Crippen molar-refractivity contribution in [3.8, 4) is 11.3 Å². The van der Waals surface area contributed by atoms with Gasteiger partial charge in [-0.3, -0.25) is 4.79 Å². The van der Waals surface area contributed by atoms with Crippen LogP contribution >= 0.6 is 0 Å². The second-order valence-electron chi connectivity index (χ2n) is 6.94. The largest absolute Gasteiger partial charge is 0.464 e. The van der Waals surface area contributed by atoms with Crippen LogP contribution in [-0.4, -0.2) is 37.6 Å². The van der Waals surface area contributed by atoms with E-state index in [1.165, 1.54) is 0 Å². The molecule has 1 saturated carbocycles. The highest BCUT2D eigenvalue weighted by Gasteiger charge is 2.52. The zero-order valence-electron chi connectivity index (χ0n) is 13.0. The number of nitrogens with zero attached hydrogens (tertiary/aromatic N) is 1. The third kappa shape index (κ3) is 1.92. The maximum Gasteiger partial charge on any atom is 0.225 e. The molecule has 0 unspecified atom stereocenters. The molecule has 1 aliphatic carbocycles. The van der Waals surface area contributed by atoms with Gasteiger partial charge in [0.25, 0.3) is 0 Å². The van der Waals surface area contributed by atoms with Crippen molar-refractivity contribution in [2.75, 3.05) is 13.1 Å². The Labute approximate surface area is 140 Å². The number of carbonyl (C=O) groups is 1. The molecule has 3 aliphatic rings. The molecule has 0 N–H and O–H groups in total. The van der Waals surface area contributed by atoms with E-state index >= 15 is 0 Å². The van der Waals surface area contributed by atoms with E-state index in [4.69, 9.17) is 4.42 Å². The van der Waals surface area contributed by atoms with E-state index in [2.05, 4.69) is 0 Å². The minimum absolute atomic E-state index is 0.123. The average Bonchev–Trinajstić information content (AvgIpc) is 3.04. The lowest BCUT2D eigenvalue weighted by molar-refractivity contribution is -0.131. The summed E-state index contributed by atoms with van der Waals surface area (Å²) >= 11 is 0. The standard InChI is InChI=1S/C18H17NO4S/c20-18(11-3-4-11)19-9-14-13-8-12(15-2-1-7-23-15)5-6-16(13)24(21,22)17(14)10-19/h1-2,5-8,11,14,17H,3-4,9-10H2/t14-,17-/m1/s1. The molecule has 2 fully saturated rings. The quantitative estimate of drug-likeness (QED) is 0.840. The Morgan fingerprint density at radius 1 is 1.17 bits per heavy atom. The molecule has 0 spiro atoms. The zero-order chi connectivity index (χ0) is 16.5. The number of furan rings is 1. The van der Waals surface area contributed by atoms with Crippen molar-refractivity contribution in [1.82, 2.24) is 4.90 Å². The van der Waals surface area contributed by atoms with Crippen LogP contribution in [0, 0.1) is 5.92 Å². The van der Waals surface area contributed by atoms with E-state index in [9.17, 15) is 13.2 Å². The Bertz CT molecular complexity index is 928. The second-order valence-corrected chi connectivity index (χ2v) is 9.07. The van der Waals surface area contributed by atoms with Crippen LogP contribution in [0.5, 0.6) is 0 Å². The third-order valence-corrected chi connectivity index (χ3v) is 7.68. The maximum atomic E-state index is 12.9. The van der Waals surface area contributed by atoms with Gasteiger partial charge in [-0.2, -0.15) is 0 Å². The van der Waals surface area contributed by atoms with E-state index in [0.29, 0.717) is 18.0 Å². The fraction of sp³-hybridized carbons (Fsp3) is 0.389.